The molecule has 1 heterocycles. The summed E-state index contributed by atoms with van der Waals surface area (Å²) in [6.07, 6.45) is 4.08. The normalized spacial score (nSPS) is 30.4. The average molecular weight is 225 g/mol. The summed E-state index contributed by atoms with van der Waals surface area (Å²) in [5, 5.41) is 0. The molecule has 1 unspecified atom stereocenters. The monoisotopic (exact) mass is 225 g/mol. The predicted molar refractivity (Wildman–Crippen MR) is 72.7 cm³/mol. The van der Waals surface area contributed by atoms with E-state index in [0.717, 1.165) is 11.8 Å². The van der Waals surface area contributed by atoms with Crippen LogP contribution >= 0.6 is 0 Å². The SMILES string of the molecule is CC(C)CC1CN(C)C(C)(C)CC(C)(C)C1. The average Bonchev–Trinajstić information content (AvgIpc) is 2.03. The second kappa shape index (κ2) is 4.68. The largest absolute Gasteiger partial charge is 0.301 e. The quantitative estimate of drug-likeness (QED) is 0.681. The maximum atomic E-state index is 2.58. The molecule has 0 aliphatic carbocycles. The van der Waals surface area contributed by atoms with E-state index >= 15 is 0 Å². The number of likely N-dealkylation sites (tertiary alicyclic amines) is 1. The summed E-state index contributed by atoms with van der Waals surface area (Å²) >= 11 is 0. The number of hydrogen-bond donors (Lipinski definition) is 0. The lowest BCUT2D eigenvalue weighted by molar-refractivity contribution is 0.122. The molecule has 0 aromatic carbocycles. The van der Waals surface area contributed by atoms with E-state index in [0.29, 0.717) is 11.0 Å². The van der Waals surface area contributed by atoms with Crippen LogP contribution < -0.4 is 0 Å². The summed E-state index contributed by atoms with van der Waals surface area (Å²) < 4.78 is 0. The van der Waals surface area contributed by atoms with Crippen LogP contribution in [0.3, 0.4) is 0 Å². The van der Waals surface area contributed by atoms with Crippen LogP contribution in [0.4, 0.5) is 0 Å². The molecule has 1 heteroatoms. The first-order valence-electron chi connectivity index (χ1n) is 6.84. The lowest BCUT2D eigenvalue weighted by atomic mass is 9.75. The van der Waals surface area contributed by atoms with Crippen molar-refractivity contribution in [2.24, 2.45) is 17.3 Å². The summed E-state index contributed by atoms with van der Waals surface area (Å²) in [7, 11) is 2.30. The minimum absolute atomic E-state index is 0.356. The van der Waals surface area contributed by atoms with Gasteiger partial charge in [-0.15, -0.1) is 0 Å². The van der Waals surface area contributed by atoms with Gasteiger partial charge in [0.2, 0.25) is 0 Å². The summed E-state index contributed by atoms with van der Waals surface area (Å²) in [5.74, 6) is 1.71. The van der Waals surface area contributed by atoms with E-state index in [1.165, 1.54) is 25.8 Å². The minimum atomic E-state index is 0.356. The van der Waals surface area contributed by atoms with Crippen molar-refractivity contribution in [3.05, 3.63) is 0 Å². The zero-order valence-electron chi connectivity index (χ0n) is 12.4. The molecule has 0 spiro atoms. The highest BCUT2D eigenvalue weighted by Crippen LogP contribution is 2.41. The van der Waals surface area contributed by atoms with Crippen molar-refractivity contribution in [1.82, 2.24) is 4.90 Å². The molecule has 0 amide bonds. The molecule has 96 valence electrons. The highest BCUT2D eigenvalue weighted by molar-refractivity contribution is 4.92. The highest BCUT2D eigenvalue weighted by Gasteiger charge is 2.38. The van der Waals surface area contributed by atoms with E-state index in [-0.39, 0.29) is 0 Å². The molecule has 1 atom stereocenters. The van der Waals surface area contributed by atoms with Crippen molar-refractivity contribution < 1.29 is 0 Å². The molecule has 1 aliphatic heterocycles. The zero-order chi connectivity index (χ0) is 12.6. The van der Waals surface area contributed by atoms with Crippen molar-refractivity contribution in [2.45, 2.75) is 66.3 Å². The molecular formula is C15H31N. The standard InChI is InChI=1S/C15H31N/c1-12(2)8-13-9-14(3,4)11-15(5,6)16(7)10-13/h12-13H,8-11H2,1-7H3. The molecule has 0 saturated carbocycles. The van der Waals surface area contributed by atoms with Crippen LogP contribution in [0.2, 0.25) is 0 Å². The van der Waals surface area contributed by atoms with E-state index in [4.69, 9.17) is 0 Å². The molecular weight excluding hydrogens is 194 g/mol. The van der Waals surface area contributed by atoms with Crippen LogP contribution in [0.25, 0.3) is 0 Å². The van der Waals surface area contributed by atoms with Gasteiger partial charge in [0.05, 0.1) is 0 Å². The molecule has 1 nitrogen and oxygen atoms in total. The molecule has 0 radical (unpaired) electrons. The Morgan fingerprint density at radius 1 is 1.19 bits per heavy atom. The van der Waals surface area contributed by atoms with E-state index in [1.807, 2.05) is 0 Å². The maximum absolute atomic E-state index is 2.58. The van der Waals surface area contributed by atoms with Gasteiger partial charge in [-0.05, 0) is 57.4 Å². The Kier molecular flexibility index (Phi) is 4.10. The van der Waals surface area contributed by atoms with E-state index in [2.05, 4.69) is 53.5 Å². The minimum Gasteiger partial charge on any atom is -0.301 e. The van der Waals surface area contributed by atoms with Crippen LogP contribution in [0.5, 0.6) is 0 Å². The van der Waals surface area contributed by atoms with Gasteiger partial charge in [0.25, 0.3) is 0 Å². The molecule has 0 N–H and O–H groups in total. The number of rotatable bonds is 2. The molecule has 1 rings (SSSR count). The molecule has 1 fully saturated rings. The topological polar surface area (TPSA) is 3.24 Å². The van der Waals surface area contributed by atoms with Crippen LogP contribution in [-0.2, 0) is 0 Å². The van der Waals surface area contributed by atoms with Gasteiger partial charge in [0, 0.05) is 12.1 Å². The fourth-order valence-electron chi connectivity index (χ4n) is 3.68. The van der Waals surface area contributed by atoms with Gasteiger partial charge < -0.3 is 4.90 Å². The lowest BCUT2D eigenvalue weighted by Crippen LogP contribution is -2.43. The van der Waals surface area contributed by atoms with Gasteiger partial charge >= 0.3 is 0 Å². The Labute approximate surface area is 103 Å². The summed E-state index contributed by atoms with van der Waals surface area (Å²) in [5.41, 5.74) is 0.850. The Hall–Kier alpha value is -0.0400. The van der Waals surface area contributed by atoms with Crippen molar-refractivity contribution in [3.63, 3.8) is 0 Å². The van der Waals surface area contributed by atoms with Crippen LogP contribution in [0.15, 0.2) is 0 Å². The molecule has 16 heavy (non-hydrogen) atoms. The van der Waals surface area contributed by atoms with Crippen molar-refractivity contribution in [2.75, 3.05) is 13.6 Å². The van der Waals surface area contributed by atoms with Crippen LogP contribution in [-0.4, -0.2) is 24.0 Å². The van der Waals surface area contributed by atoms with Crippen molar-refractivity contribution in [3.8, 4) is 0 Å². The van der Waals surface area contributed by atoms with Gasteiger partial charge in [-0.3, -0.25) is 0 Å². The smallest absolute Gasteiger partial charge is 0.0155 e. The first kappa shape index (κ1) is 14.0. The van der Waals surface area contributed by atoms with Crippen LogP contribution in [0.1, 0.15) is 60.8 Å². The van der Waals surface area contributed by atoms with Gasteiger partial charge in [-0.1, -0.05) is 27.7 Å². The second-order valence-corrected chi connectivity index (χ2v) is 7.73. The van der Waals surface area contributed by atoms with Gasteiger partial charge in [-0.25, -0.2) is 0 Å². The number of nitrogens with zero attached hydrogens (tertiary/aromatic N) is 1. The zero-order valence-corrected chi connectivity index (χ0v) is 12.4. The molecule has 1 aliphatic rings. The fraction of sp³-hybridized carbons (Fsp3) is 1.00. The molecule has 0 aromatic heterocycles. The molecule has 1 saturated heterocycles. The van der Waals surface area contributed by atoms with Gasteiger partial charge in [-0.2, -0.15) is 0 Å². The Bertz CT molecular complexity index is 228. The molecule has 0 aromatic rings. The van der Waals surface area contributed by atoms with E-state index in [9.17, 15) is 0 Å². The first-order chi connectivity index (χ1) is 7.12. The maximum Gasteiger partial charge on any atom is 0.0155 e. The Morgan fingerprint density at radius 3 is 2.25 bits per heavy atom. The number of hydrogen-bond acceptors (Lipinski definition) is 1. The first-order valence-corrected chi connectivity index (χ1v) is 6.84. The van der Waals surface area contributed by atoms with E-state index in [1.54, 1.807) is 0 Å². The predicted octanol–water partition coefficient (Wildman–Crippen LogP) is 4.18. The molecule has 0 bridgehead atoms. The fourth-order valence-corrected chi connectivity index (χ4v) is 3.68. The summed E-state index contributed by atoms with van der Waals surface area (Å²) in [6.45, 7) is 15.7. The third kappa shape index (κ3) is 3.76. The van der Waals surface area contributed by atoms with Crippen molar-refractivity contribution in [1.29, 1.82) is 0 Å². The third-order valence-electron chi connectivity index (χ3n) is 4.12. The Balaban J connectivity index is 2.78. The highest BCUT2D eigenvalue weighted by atomic mass is 15.2. The third-order valence-corrected chi connectivity index (χ3v) is 4.12. The van der Waals surface area contributed by atoms with Gasteiger partial charge in [0.15, 0.2) is 0 Å². The second-order valence-electron chi connectivity index (χ2n) is 7.73. The summed E-state index contributed by atoms with van der Waals surface area (Å²) in [6, 6.07) is 0. The summed E-state index contributed by atoms with van der Waals surface area (Å²) in [4.78, 5) is 2.58. The lowest BCUT2D eigenvalue weighted by Gasteiger charge is -2.38. The van der Waals surface area contributed by atoms with Gasteiger partial charge in [0.1, 0.15) is 0 Å². The van der Waals surface area contributed by atoms with E-state index < -0.39 is 0 Å². The van der Waals surface area contributed by atoms with Crippen molar-refractivity contribution >= 4 is 0 Å². The Morgan fingerprint density at radius 2 is 1.75 bits per heavy atom. The van der Waals surface area contributed by atoms with Crippen LogP contribution in [0, 0.1) is 17.3 Å².